The maximum Gasteiger partial charge on any atom is 0.323 e. The lowest BCUT2D eigenvalue weighted by Gasteiger charge is -2.12. The van der Waals surface area contributed by atoms with Gasteiger partial charge in [0.1, 0.15) is 5.75 Å². The van der Waals surface area contributed by atoms with Gasteiger partial charge in [0.05, 0.1) is 13.2 Å². The number of urea groups is 1. The molecule has 0 radical (unpaired) electrons. The Morgan fingerprint density at radius 2 is 2.09 bits per heavy atom. The van der Waals surface area contributed by atoms with Crippen LogP contribution in [0.3, 0.4) is 0 Å². The fourth-order valence-electron chi connectivity index (χ4n) is 2.47. The second-order valence-electron chi connectivity index (χ2n) is 5.09. The van der Waals surface area contributed by atoms with Crippen molar-refractivity contribution in [3.05, 3.63) is 53.6 Å². The number of carbonyl (C=O) groups excluding carboxylic acids is 1. The maximum absolute atomic E-state index is 12.1. The minimum Gasteiger partial charge on any atom is -0.493 e. The van der Waals surface area contributed by atoms with E-state index in [9.17, 15) is 4.79 Å². The summed E-state index contributed by atoms with van der Waals surface area (Å²) in [5, 5.41) is 5.69. The van der Waals surface area contributed by atoms with E-state index < -0.39 is 0 Å². The summed E-state index contributed by atoms with van der Waals surface area (Å²) in [7, 11) is 1.63. The number of methoxy groups -OCH3 is 1. The summed E-state index contributed by atoms with van der Waals surface area (Å²) >= 11 is 0. The average molecular weight is 298 g/mol. The van der Waals surface area contributed by atoms with Gasteiger partial charge < -0.3 is 20.1 Å². The summed E-state index contributed by atoms with van der Waals surface area (Å²) in [5.41, 5.74) is 3.55. The Morgan fingerprint density at radius 3 is 2.95 bits per heavy atom. The van der Waals surface area contributed by atoms with E-state index >= 15 is 0 Å². The smallest absolute Gasteiger partial charge is 0.323 e. The molecular weight excluding hydrogens is 280 g/mol. The molecule has 2 N–H and O–H groups in total. The lowest BCUT2D eigenvalue weighted by Crippen LogP contribution is -2.20. The fourth-order valence-corrected chi connectivity index (χ4v) is 2.47. The van der Waals surface area contributed by atoms with Gasteiger partial charge >= 0.3 is 6.03 Å². The van der Waals surface area contributed by atoms with Crippen molar-refractivity contribution in [1.29, 1.82) is 0 Å². The molecular formula is C17H18N2O3. The van der Waals surface area contributed by atoms with Gasteiger partial charge in [-0.2, -0.15) is 0 Å². The Hall–Kier alpha value is -2.53. The molecule has 0 unspecified atom stereocenters. The number of hydrogen-bond donors (Lipinski definition) is 2. The van der Waals surface area contributed by atoms with Gasteiger partial charge in [-0.1, -0.05) is 18.2 Å². The van der Waals surface area contributed by atoms with Crippen LogP contribution in [0.1, 0.15) is 11.1 Å². The van der Waals surface area contributed by atoms with Crippen LogP contribution in [0.25, 0.3) is 0 Å². The van der Waals surface area contributed by atoms with Crippen LogP contribution in [-0.4, -0.2) is 19.7 Å². The number of ether oxygens (including phenoxy) is 2. The molecule has 2 aromatic rings. The molecule has 1 aliphatic heterocycles. The highest BCUT2D eigenvalue weighted by molar-refractivity contribution is 6.00. The average Bonchev–Trinajstić information content (AvgIpc) is 2.97. The Morgan fingerprint density at radius 1 is 1.23 bits per heavy atom. The first kappa shape index (κ1) is 14.4. The lowest BCUT2D eigenvalue weighted by molar-refractivity contribution is 0.185. The quantitative estimate of drug-likeness (QED) is 0.909. The molecule has 2 amide bonds. The molecule has 22 heavy (non-hydrogen) atoms. The van der Waals surface area contributed by atoms with E-state index in [0.29, 0.717) is 13.2 Å². The van der Waals surface area contributed by atoms with Crippen molar-refractivity contribution in [3.63, 3.8) is 0 Å². The van der Waals surface area contributed by atoms with Gasteiger partial charge in [0.15, 0.2) is 0 Å². The Balaban J connectivity index is 1.68. The molecule has 0 fully saturated rings. The van der Waals surface area contributed by atoms with Gasteiger partial charge in [0.25, 0.3) is 0 Å². The zero-order chi connectivity index (χ0) is 15.4. The second kappa shape index (κ2) is 6.49. The number of nitrogens with one attached hydrogen (secondary N) is 2. The van der Waals surface area contributed by atoms with E-state index in [0.717, 1.165) is 34.7 Å². The van der Waals surface area contributed by atoms with Crippen molar-refractivity contribution in [3.8, 4) is 5.75 Å². The van der Waals surface area contributed by atoms with Crippen LogP contribution in [0.5, 0.6) is 5.75 Å². The van der Waals surface area contributed by atoms with E-state index in [1.54, 1.807) is 7.11 Å². The zero-order valence-electron chi connectivity index (χ0n) is 12.4. The largest absolute Gasteiger partial charge is 0.493 e. The number of fused-ring (bicyclic) bond motifs is 1. The third-order valence-corrected chi connectivity index (χ3v) is 3.51. The summed E-state index contributed by atoms with van der Waals surface area (Å²) in [6.45, 7) is 1.15. The highest BCUT2D eigenvalue weighted by Crippen LogP contribution is 2.28. The first-order valence-corrected chi connectivity index (χ1v) is 7.17. The molecule has 0 aromatic heterocycles. The Bertz CT molecular complexity index is 685. The van der Waals surface area contributed by atoms with E-state index in [1.807, 2.05) is 42.5 Å². The molecule has 0 aliphatic carbocycles. The molecule has 0 saturated carbocycles. The third kappa shape index (κ3) is 3.20. The summed E-state index contributed by atoms with van der Waals surface area (Å²) in [5.74, 6) is 0.899. The van der Waals surface area contributed by atoms with Gasteiger partial charge in [-0.3, -0.25) is 0 Å². The fraction of sp³-hybridized carbons (Fsp3) is 0.235. The van der Waals surface area contributed by atoms with E-state index in [-0.39, 0.29) is 6.03 Å². The third-order valence-electron chi connectivity index (χ3n) is 3.51. The SMILES string of the molecule is COCc1ccccc1NC(=O)Nc1ccc2c(c1)CCO2. The first-order chi connectivity index (χ1) is 10.8. The van der Waals surface area contributed by atoms with Gasteiger partial charge in [-0.05, 0) is 29.8 Å². The molecule has 114 valence electrons. The molecule has 0 bridgehead atoms. The highest BCUT2D eigenvalue weighted by atomic mass is 16.5. The molecule has 3 rings (SSSR count). The van der Waals surface area contributed by atoms with E-state index in [2.05, 4.69) is 10.6 Å². The standard InChI is InChI=1S/C17H18N2O3/c1-21-11-13-4-2-3-5-15(13)19-17(20)18-14-6-7-16-12(10-14)8-9-22-16/h2-7,10H,8-9,11H2,1H3,(H2,18,19,20). The number of amides is 2. The maximum atomic E-state index is 12.1. The van der Waals surface area contributed by atoms with Crippen LogP contribution in [0.15, 0.2) is 42.5 Å². The van der Waals surface area contributed by atoms with Crippen LogP contribution in [0.2, 0.25) is 0 Å². The molecule has 0 saturated heterocycles. The Kier molecular flexibility index (Phi) is 4.25. The topological polar surface area (TPSA) is 59.6 Å². The van der Waals surface area contributed by atoms with Crippen molar-refractivity contribution >= 4 is 17.4 Å². The van der Waals surface area contributed by atoms with Gasteiger partial charge in [0, 0.05) is 30.5 Å². The lowest BCUT2D eigenvalue weighted by atomic mass is 10.1. The van der Waals surface area contributed by atoms with E-state index in [4.69, 9.17) is 9.47 Å². The monoisotopic (exact) mass is 298 g/mol. The van der Waals surface area contributed by atoms with Crippen LogP contribution in [0, 0.1) is 0 Å². The first-order valence-electron chi connectivity index (χ1n) is 7.17. The summed E-state index contributed by atoms with van der Waals surface area (Å²) in [6.07, 6.45) is 0.878. The van der Waals surface area contributed by atoms with Crippen LogP contribution in [-0.2, 0) is 17.8 Å². The van der Waals surface area contributed by atoms with Gasteiger partial charge in [-0.25, -0.2) is 4.79 Å². The van der Waals surface area contributed by atoms with Gasteiger partial charge in [0.2, 0.25) is 0 Å². The molecule has 5 nitrogen and oxygen atoms in total. The number of anilines is 2. The number of hydrogen-bond acceptors (Lipinski definition) is 3. The number of rotatable bonds is 4. The van der Waals surface area contributed by atoms with Crippen molar-refractivity contribution in [1.82, 2.24) is 0 Å². The summed E-state index contributed by atoms with van der Waals surface area (Å²) < 4.78 is 10.6. The number of benzene rings is 2. The van der Waals surface area contributed by atoms with Crippen LogP contribution >= 0.6 is 0 Å². The van der Waals surface area contributed by atoms with Crippen LogP contribution < -0.4 is 15.4 Å². The predicted octanol–water partition coefficient (Wildman–Crippen LogP) is 3.41. The summed E-state index contributed by atoms with van der Waals surface area (Å²) in [6, 6.07) is 13.0. The normalized spacial score (nSPS) is 12.4. The minimum atomic E-state index is -0.276. The van der Waals surface area contributed by atoms with Crippen molar-refractivity contribution < 1.29 is 14.3 Å². The second-order valence-corrected chi connectivity index (χ2v) is 5.09. The van der Waals surface area contributed by atoms with E-state index in [1.165, 1.54) is 0 Å². The number of carbonyl (C=O) groups is 1. The molecule has 1 heterocycles. The Labute approximate surface area is 129 Å². The molecule has 2 aromatic carbocycles. The summed E-state index contributed by atoms with van der Waals surface area (Å²) in [4.78, 5) is 12.1. The predicted molar refractivity (Wildman–Crippen MR) is 85.4 cm³/mol. The minimum absolute atomic E-state index is 0.276. The zero-order valence-corrected chi connectivity index (χ0v) is 12.4. The highest BCUT2D eigenvalue weighted by Gasteiger charge is 2.13. The molecule has 5 heteroatoms. The van der Waals surface area contributed by atoms with Crippen LogP contribution in [0.4, 0.5) is 16.2 Å². The molecule has 1 aliphatic rings. The van der Waals surface area contributed by atoms with Crippen molar-refractivity contribution in [2.24, 2.45) is 0 Å². The van der Waals surface area contributed by atoms with Crippen molar-refractivity contribution in [2.75, 3.05) is 24.4 Å². The number of para-hydroxylation sites is 1. The molecule has 0 atom stereocenters. The molecule has 0 spiro atoms. The van der Waals surface area contributed by atoms with Gasteiger partial charge in [-0.15, -0.1) is 0 Å². The van der Waals surface area contributed by atoms with Crippen molar-refractivity contribution in [2.45, 2.75) is 13.0 Å².